The summed E-state index contributed by atoms with van der Waals surface area (Å²) in [7, 11) is 0. The molecule has 0 aliphatic rings. The van der Waals surface area contributed by atoms with Crippen LogP contribution < -0.4 is 4.90 Å². The van der Waals surface area contributed by atoms with Gasteiger partial charge in [0.1, 0.15) is 0 Å². The highest BCUT2D eigenvalue weighted by Gasteiger charge is 2.15. The maximum atomic E-state index is 2.36. The van der Waals surface area contributed by atoms with E-state index < -0.39 is 0 Å². The highest BCUT2D eigenvalue weighted by Crippen LogP contribution is 2.41. The highest BCUT2D eigenvalue weighted by molar-refractivity contribution is 6.27. The van der Waals surface area contributed by atoms with Crippen molar-refractivity contribution in [3.63, 3.8) is 0 Å². The minimum Gasteiger partial charge on any atom is -0.310 e. The number of hydrogen-bond acceptors (Lipinski definition) is 1. The third kappa shape index (κ3) is 4.02. The van der Waals surface area contributed by atoms with Crippen molar-refractivity contribution < 1.29 is 0 Å². The van der Waals surface area contributed by atoms with Crippen LogP contribution in [0.4, 0.5) is 17.1 Å². The van der Waals surface area contributed by atoms with Crippen molar-refractivity contribution in [3.8, 4) is 11.1 Å². The Morgan fingerprint density at radius 1 is 0.293 bits per heavy atom. The summed E-state index contributed by atoms with van der Waals surface area (Å²) < 4.78 is 0. The van der Waals surface area contributed by atoms with Gasteiger partial charge in [-0.1, -0.05) is 127 Å². The van der Waals surface area contributed by atoms with E-state index in [-0.39, 0.29) is 0 Å². The zero-order valence-corrected chi connectivity index (χ0v) is 22.5. The van der Waals surface area contributed by atoms with E-state index in [0.717, 1.165) is 17.1 Å². The fourth-order valence-electron chi connectivity index (χ4n) is 6.26. The number of hydrogen-bond donors (Lipinski definition) is 0. The Labute approximate surface area is 239 Å². The fraction of sp³-hybridized carbons (Fsp3) is 0. The molecule has 0 aromatic heterocycles. The van der Waals surface area contributed by atoms with Gasteiger partial charge in [-0.2, -0.15) is 0 Å². The molecule has 0 heterocycles. The Hall–Kier alpha value is -5.40. The molecule has 0 aliphatic heterocycles. The standard InChI is InChI=1S/C40H27N/c1-3-10-28(11-4-1)32-13-9-16-35(26-32)41(34-14-5-2-6-15-34)36-24-25-38-33(27-36)23-22-31-21-20-30-19-18-29-12-7-8-17-37(29)39(30)40(31)38/h1-27H. The Balaban J connectivity index is 1.36. The van der Waals surface area contributed by atoms with Crippen LogP contribution in [0.3, 0.4) is 0 Å². The number of nitrogens with zero attached hydrogens (tertiary/aromatic N) is 1. The van der Waals surface area contributed by atoms with Crippen LogP contribution in [0.1, 0.15) is 0 Å². The summed E-state index contributed by atoms with van der Waals surface area (Å²) in [6.07, 6.45) is 0. The van der Waals surface area contributed by atoms with Crippen molar-refractivity contribution in [1.82, 2.24) is 0 Å². The Bertz CT molecular complexity index is 2190. The summed E-state index contributed by atoms with van der Waals surface area (Å²) in [6.45, 7) is 0. The molecule has 0 radical (unpaired) electrons. The van der Waals surface area contributed by atoms with Crippen LogP contribution in [-0.2, 0) is 0 Å². The van der Waals surface area contributed by atoms with Gasteiger partial charge < -0.3 is 4.90 Å². The predicted molar refractivity (Wildman–Crippen MR) is 177 cm³/mol. The maximum absolute atomic E-state index is 2.36. The fourth-order valence-corrected chi connectivity index (χ4v) is 6.26. The van der Waals surface area contributed by atoms with E-state index in [9.17, 15) is 0 Å². The van der Waals surface area contributed by atoms with Gasteiger partial charge in [-0.3, -0.25) is 0 Å². The molecule has 0 saturated carbocycles. The third-order valence-electron chi connectivity index (χ3n) is 8.17. The number of rotatable bonds is 4. The van der Waals surface area contributed by atoms with Gasteiger partial charge in [0, 0.05) is 17.1 Å². The molecule has 0 spiro atoms. The maximum Gasteiger partial charge on any atom is 0.0468 e. The van der Waals surface area contributed by atoms with E-state index in [0.29, 0.717) is 0 Å². The van der Waals surface area contributed by atoms with E-state index in [1.807, 2.05) is 0 Å². The van der Waals surface area contributed by atoms with Crippen LogP contribution in [0.2, 0.25) is 0 Å². The molecule has 0 aliphatic carbocycles. The average Bonchev–Trinajstić information content (AvgIpc) is 3.05. The van der Waals surface area contributed by atoms with Gasteiger partial charge in [-0.25, -0.2) is 0 Å². The summed E-state index contributed by atoms with van der Waals surface area (Å²) >= 11 is 0. The van der Waals surface area contributed by atoms with Crippen LogP contribution >= 0.6 is 0 Å². The lowest BCUT2D eigenvalue weighted by atomic mass is 9.93. The molecule has 192 valence electrons. The zero-order chi connectivity index (χ0) is 27.2. The van der Waals surface area contributed by atoms with E-state index in [4.69, 9.17) is 0 Å². The number of fused-ring (bicyclic) bond motifs is 7. The molecule has 0 unspecified atom stereocenters. The van der Waals surface area contributed by atoms with Crippen LogP contribution in [-0.4, -0.2) is 0 Å². The first kappa shape index (κ1) is 23.5. The molecule has 1 nitrogen and oxygen atoms in total. The first-order valence-corrected chi connectivity index (χ1v) is 14.1. The van der Waals surface area contributed by atoms with Crippen LogP contribution in [0, 0.1) is 0 Å². The minimum absolute atomic E-state index is 1.13. The minimum atomic E-state index is 1.13. The van der Waals surface area contributed by atoms with Gasteiger partial charge in [0.05, 0.1) is 0 Å². The van der Waals surface area contributed by atoms with E-state index in [1.54, 1.807) is 0 Å². The van der Waals surface area contributed by atoms with Crippen molar-refractivity contribution in [3.05, 3.63) is 164 Å². The summed E-state index contributed by atoms with van der Waals surface area (Å²) in [5.74, 6) is 0. The molecule has 8 aromatic carbocycles. The number of anilines is 3. The lowest BCUT2D eigenvalue weighted by Crippen LogP contribution is -2.09. The van der Waals surface area contributed by atoms with E-state index in [1.165, 1.54) is 54.2 Å². The normalized spacial score (nSPS) is 11.4. The summed E-state index contributed by atoms with van der Waals surface area (Å²) in [6, 6.07) is 59.2. The molecule has 1 heteroatoms. The second-order valence-corrected chi connectivity index (χ2v) is 10.6. The molecule has 41 heavy (non-hydrogen) atoms. The zero-order valence-electron chi connectivity index (χ0n) is 22.5. The quantitative estimate of drug-likeness (QED) is 0.208. The van der Waals surface area contributed by atoms with Crippen molar-refractivity contribution >= 4 is 60.2 Å². The topological polar surface area (TPSA) is 3.24 Å². The van der Waals surface area contributed by atoms with Crippen LogP contribution in [0.5, 0.6) is 0 Å². The second kappa shape index (κ2) is 9.66. The van der Waals surface area contributed by atoms with Crippen molar-refractivity contribution in [1.29, 1.82) is 0 Å². The van der Waals surface area contributed by atoms with E-state index >= 15 is 0 Å². The van der Waals surface area contributed by atoms with Crippen LogP contribution in [0.15, 0.2) is 164 Å². The van der Waals surface area contributed by atoms with Gasteiger partial charge in [0.15, 0.2) is 0 Å². The van der Waals surface area contributed by atoms with Crippen molar-refractivity contribution in [2.45, 2.75) is 0 Å². The molecule has 0 fully saturated rings. The average molecular weight is 522 g/mol. The first-order chi connectivity index (χ1) is 20.3. The summed E-state index contributed by atoms with van der Waals surface area (Å²) in [5.41, 5.74) is 5.82. The SMILES string of the molecule is c1ccc(-c2cccc(N(c3ccccc3)c3ccc4c(ccc5ccc6ccc7ccccc7c6c54)c3)c2)cc1. The van der Waals surface area contributed by atoms with E-state index in [2.05, 4.69) is 169 Å². The van der Waals surface area contributed by atoms with Gasteiger partial charge in [-0.15, -0.1) is 0 Å². The lowest BCUT2D eigenvalue weighted by Gasteiger charge is -2.26. The van der Waals surface area contributed by atoms with Crippen molar-refractivity contribution in [2.75, 3.05) is 4.90 Å². The number of para-hydroxylation sites is 1. The molecule has 0 N–H and O–H groups in total. The summed E-state index contributed by atoms with van der Waals surface area (Å²) in [5, 5.41) is 10.3. The molecule has 8 rings (SSSR count). The molecular weight excluding hydrogens is 494 g/mol. The van der Waals surface area contributed by atoms with Gasteiger partial charge in [0.25, 0.3) is 0 Å². The molecule has 0 saturated heterocycles. The van der Waals surface area contributed by atoms with Gasteiger partial charge in [0.2, 0.25) is 0 Å². The second-order valence-electron chi connectivity index (χ2n) is 10.6. The predicted octanol–water partition coefficient (Wildman–Crippen LogP) is 11.4. The molecular formula is C40H27N. The molecule has 8 aromatic rings. The smallest absolute Gasteiger partial charge is 0.0468 e. The first-order valence-electron chi connectivity index (χ1n) is 14.1. The Morgan fingerprint density at radius 3 is 1.59 bits per heavy atom. The highest BCUT2D eigenvalue weighted by atomic mass is 15.1. The van der Waals surface area contributed by atoms with Gasteiger partial charge in [-0.05, 0) is 90.6 Å². The molecule has 0 atom stereocenters. The lowest BCUT2D eigenvalue weighted by molar-refractivity contribution is 1.29. The summed E-state index contributed by atoms with van der Waals surface area (Å²) in [4.78, 5) is 2.36. The number of benzene rings is 8. The van der Waals surface area contributed by atoms with Crippen LogP contribution in [0.25, 0.3) is 54.2 Å². The third-order valence-corrected chi connectivity index (χ3v) is 8.17. The van der Waals surface area contributed by atoms with Gasteiger partial charge >= 0.3 is 0 Å². The van der Waals surface area contributed by atoms with Crippen molar-refractivity contribution in [2.24, 2.45) is 0 Å². The molecule has 0 amide bonds. The Kier molecular flexibility index (Phi) is 5.53. The Morgan fingerprint density at radius 2 is 0.829 bits per heavy atom. The molecule has 0 bridgehead atoms. The monoisotopic (exact) mass is 521 g/mol. The largest absolute Gasteiger partial charge is 0.310 e.